The van der Waals surface area contributed by atoms with E-state index in [-0.39, 0.29) is 0 Å². The number of hydrogen-bond donors (Lipinski definition) is 2. The highest BCUT2D eigenvalue weighted by atomic mass is 16.4. The second-order valence-corrected chi connectivity index (χ2v) is 5.94. The topological polar surface area (TPSA) is 75.6 Å². The first-order chi connectivity index (χ1) is 11.0. The molecule has 0 saturated carbocycles. The molecule has 0 aliphatic carbocycles. The van der Waals surface area contributed by atoms with Crippen molar-refractivity contribution >= 4 is 5.96 Å². The van der Waals surface area contributed by atoms with Crippen molar-refractivity contribution in [1.29, 1.82) is 0 Å². The number of hydrogen-bond acceptors (Lipinski definition) is 4. The quantitative estimate of drug-likeness (QED) is 0.606. The Morgan fingerprint density at radius 1 is 1.30 bits per heavy atom. The summed E-state index contributed by atoms with van der Waals surface area (Å²) in [5, 5.41) is 6.64. The van der Waals surface area contributed by atoms with Gasteiger partial charge < -0.3 is 19.5 Å². The Labute approximate surface area is 137 Å². The SMILES string of the molecule is Cc1nc(CN=C(NCCc2ccco2)NCC(C)C)oc1C. The molecule has 6 heteroatoms. The van der Waals surface area contributed by atoms with Crippen molar-refractivity contribution in [1.82, 2.24) is 15.6 Å². The summed E-state index contributed by atoms with van der Waals surface area (Å²) in [7, 11) is 0. The molecule has 6 nitrogen and oxygen atoms in total. The monoisotopic (exact) mass is 318 g/mol. The van der Waals surface area contributed by atoms with E-state index < -0.39 is 0 Å². The molecule has 0 fully saturated rings. The van der Waals surface area contributed by atoms with E-state index in [0.717, 1.165) is 42.7 Å². The van der Waals surface area contributed by atoms with Gasteiger partial charge in [-0.25, -0.2) is 9.98 Å². The van der Waals surface area contributed by atoms with Crippen LogP contribution in [0.1, 0.15) is 37.0 Å². The second-order valence-electron chi connectivity index (χ2n) is 5.94. The highest BCUT2D eigenvalue weighted by Gasteiger charge is 2.06. The fourth-order valence-corrected chi connectivity index (χ4v) is 1.99. The van der Waals surface area contributed by atoms with Crippen molar-refractivity contribution in [3.05, 3.63) is 41.5 Å². The lowest BCUT2D eigenvalue weighted by molar-refractivity contribution is 0.472. The lowest BCUT2D eigenvalue weighted by atomic mass is 10.2. The summed E-state index contributed by atoms with van der Waals surface area (Å²) in [6.45, 7) is 10.2. The van der Waals surface area contributed by atoms with Crippen molar-refractivity contribution in [2.24, 2.45) is 10.9 Å². The number of rotatable bonds is 7. The van der Waals surface area contributed by atoms with Crippen LogP contribution in [0.3, 0.4) is 0 Å². The molecule has 2 heterocycles. The predicted octanol–water partition coefficient (Wildman–Crippen LogP) is 2.82. The van der Waals surface area contributed by atoms with Gasteiger partial charge in [0.05, 0.1) is 12.0 Å². The Morgan fingerprint density at radius 2 is 2.13 bits per heavy atom. The zero-order chi connectivity index (χ0) is 16.7. The standard InChI is InChI=1S/C17H26N4O2/c1-12(2)10-19-17(18-8-7-15-6-5-9-22-15)20-11-16-21-13(3)14(4)23-16/h5-6,9,12H,7-8,10-11H2,1-4H3,(H2,18,19,20). The summed E-state index contributed by atoms with van der Waals surface area (Å²) in [4.78, 5) is 8.90. The number of aromatic nitrogens is 1. The number of nitrogens with one attached hydrogen (secondary N) is 2. The van der Waals surface area contributed by atoms with Crippen molar-refractivity contribution in [3.8, 4) is 0 Å². The number of guanidine groups is 1. The fourth-order valence-electron chi connectivity index (χ4n) is 1.99. The van der Waals surface area contributed by atoms with E-state index in [1.54, 1.807) is 6.26 Å². The Balaban J connectivity index is 1.90. The highest BCUT2D eigenvalue weighted by molar-refractivity contribution is 5.79. The van der Waals surface area contributed by atoms with Crippen LogP contribution < -0.4 is 10.6 Å². The van der Waals surface area contributed by atoms with Gasteiger partial charge in [-0.15, -0.1) is 0 Å². The molecule has 126 valence electrons. The van der Waals surface area contributed by atoms with Crippen LogP contribution in [0, 0.1) is 19.8 Å². The summed E-state index contributed by atoms with van der Waals surface area (Å²) in [5.74, 6) is 3.74. The maximum atomic E-state index is 5.56. The molecule has 0 amide bonds. The van der Waals surface area contributed by atoms with E-state index in [1.165, 1.54) is 0 Å². The summed E-state index contributed by atoms with van der Waals surface area (Å²) in [6.07, 6.45) is 2.50. The third kappa shape index (κ3) is 5.81. The number of aryl methyl sites for hydroxylation is 2. The minimum Gasteiger partial charge on any atom is -0.469 e. The number of nitrogens with zero attached hydrogens (tertiary/aromatic N) is 2. The molecule has 23 heavy (non-hydrogen) atoms. The van der Waals surface area contributed by atoms with Crippen LogP contribution in [0.5, 0.6) is 0 Å². The molecule has 0 saturated heterocycles. The molecule has 0 aliphatic heterocycles. The van der Waals surface area contributed by atoms with Gasteiger partial charge in [0.25, 0.3) is 0 Å². The van der Waals surface area contributed by atoms with E-state index in [0.29, 0.717) is 18.4 Å². The first-order valence-corrected chi connectivity index (χ1v) is 8.02. The zero-order valence-corrected chi connectivity index (χ0v) is 14.3. The summed E-state index contributed by atoms with van der Waals surface area (Å²) in [6, 6.07) is 3.87. The van der Waals surface area contributed by atoms with E-state index in [2.05, 4.69) is 34.5 Å². The van der Waals surface area contributed by atoms with Crippen LogP contribution in [-0.2, 0) is 13.0 Å². The van der Waals surface area contributed by atoms with E-state index in [4.69, 9.17) is 8.83 Å². The molecule has 0 aliphatic rings. The lowest BCUT2D eigenvalue weighted by Crippen LogP contribution is -2.40. The van der Waals surface area contributed by atoms with Crippen LogP contribution in [0.25, 0.3) is 0 Å². The van der Waals surface area contributed by atoms with Gasteiger partial charge in [-0.2, -0.15) is 0 Å². The molecule has 2 rings (SSSR count). The van der Waals surface area contributed by atoms with Crippen molar-refractivity contribution in [3.63, 3.8) is 0 Å². The molecule has 0 bridgehead atoms. The smallest absolute Gasteiger partial charge is 0.216 e. The van der Waals surface area contributed by atoms with Crippen LogP contribution in [0.2, 0.25) is 0 Å². The first-order valence-electron chi connectivity index (χ1n) is 8.02. The third-order valence-electron chi connectivity index (χ3n) is 3.37. The van der Waals surface area contributed by atoms with Crippen LogP contribution in [0.15, 0.2) is 32.2 Å². The molecule has 0 radical (unpaired) electrons. The van der Waals surface area contributed by atoms with Gasteiger partial charge in [-0.1, -0.05) is 13.8 Å². The van der Waals surface area contributed by atoms with E-state index in [1.807, 2.05) is 26.0 Å². The first kappa shape index (κ1) is 17.1. The third-order valence-corrected chi connectivity index (χ3v) is 3.37. The number of furan rings is 1. The van der Waals surface area contributed by atoms with Crippen molar-refractivity contribution in [2.45, 2.75) is 40.7 Å². The Bertz CT molecular complexity index is 595. The maximum Gasteiger partial charge on any atom is 0.216 e. The summed E-state index contributed by atoms with van der Waals surface area (Å²) >= 11 is 0. The van der Waals surface area contributed by atoms with E-state index in [9.17, 15) is 0 Å². The fraction of sp³-hybridized carbons (Fsp3) is 0.529. The molecular formula is C17H26N4O2. The average molecular weight is 318 g/mol. The highest BCUT2D eigenvalue weighted by Crippen LogP contribution is 2.08. The molecular weight excluding hydrogens is 292 g/mol. The minimum absolute atomic E-state index is 0.420. The van der Waals surface area contributed by atoms with Crippen LogP contribution >= 0.6 is 0 Å². The van der Waals surface area contributed by atoms with Crippen LogP contribution in [-0.4, -0.2) is 24.0 Å². The van der Waals surface area contributed by atoms with Crippen molar-refractivity contribution < 1.29 is 8.83 Å². The maximum absolute atomic E-state index is 5.56. The number of aliphatic imine (C=N–C) groups is 1. The number of oxazole rings is 1. The van der Waals surface area contributed by atoms with Crippen LogP contribution in [0.4, 0.5) is 0 Å². The summed E-state index contributed by atoms with van der Waals surface area (Å²) < 4.78 is 10.9. The molecule has 2 N–H and O–H groups in total. The van der Waals surface area contributed by atoms with E-state index >= 15 is 0 Å². The Morgan fingerprint density at radius 3 is 2.74 bits per heavy atom. The van der Waals surface area contributed by atoms with Gasteiger partial charge in [-0.05, 0) is 31.9 Å². The van der Waals surface area contributed by atoms with Gasteiger partial charge in [-0.3, -0.25) is 0 Å². The molecule has 2 aromatic rings. The lowest BCUT2D eigenvalue weighted by Gasteiger charge is -2.13. The Hall–Kier alpha value is -2.24. The molecule has 0 spiro atoms. The van der Waals surface area contributed by atoms with Gasteiger partial charge in [0, 0.05) is 19.5 Å². The van der Waals surface area contributed by atoms with Gasteiger partial charge in [0.1, 0.15) is 18.1 Å². The zero-order valence-electron chi connectivity index (χ0n) is 14.3. The largest absolute Gasteiger partial charge is 0.469 e. The van der Waals surface area contributed by atoms with Gasteiger partial charge in [0.2, 0.25) is 5.89 Å². The average Bonchev–Trinajstić information content (AvgIpc) is 3.12. The molecule has 0 aromatic carbocycles. The summed E-state index contributed by atoms with van der Waals surface area (Å²) in [5.41, 5.74) is 0.915. The van der Waals surface area contributed by atoms with Gasteiger partial charge in [0.15, 0.2) is 5.96 Å². The van der Waals surface area contributed by atoms with Gasteiger partial charge >= 0.3 is 0 Å². The molecule has 0 unspecified atom stereocenters. The normalized spacial score (nSPS) is 12.0. The molecule has 0 atom stereocenters. The molecule has 2 aromatic heterocycles. The Kier molecular flexibility index (Phi) is 6.26. The minimum atomic E-state index is 0.420. The second kappa shape index (κ2) is 8.41. The predicted molar refractivity (Wildman–Crippen MR) is 90.4 cm³/mol. The van der Waals surface area contributed by atoms with Crippen molar-refractivity contribution in [2.75, 3.05) is 13.1 Å².